The molecule has 1 fully saturated rings. The van der Waals surface area contributed by atoms with E-state index in [4.69, 9.17) is 10.5 Å². The lowest BCUT2D eigenvalue weighted by atomic mass is 9.74. The monoisotopic (exact) mass is 272 g/mol. The van der Waals surface area contributed by atoms with Crippen LogP contribution in [0.25, 0.3) is 0 Å². The third-order valence-corrected chi connectivity index (χ3v) is 3.60. The number of amides is 1. The second-order valence-corrected chi connectivity index (χ2v) is 6.11. The van der Waals surface area contributed by atoms with Crippen LogP contribution in [0.1, 0.15) is 40.5 Å². The van der Waals surface area contributed by atoms with Gasteiger partial charge in [-0.15, -0.1) is 0 Å². The number of carbonyl (C=O) groups is 2. The fraction of sp³-hybridized carbons (Fsp3) is 0.846. The summed E-state index contributed by atoms with van der Waals surface area (Å²) in [7, 11) is 0. The van der Waals surface area contributed by atoms with E-state index in [0.29, 0.717) is 19.4 Å². The summed E-state index contributed by atoms with van der Waals surface area (Å²) in [5, 5.41) is 9.43. The Kier molecular flexibility index (Phi) is 4.45. The number of piperidine rings is 1. The highest BCUT2D eigenvalue weighted by molar-refractivity contribution is 5.78. The van der Waals surface area contributed by atoms with Crippen molar-refractivity contribution in [3.63, 3.8) is 0 Å². The molecule has 0 spiro atoms. The number of carbonyl (C=O) groups excluding carboxylic acids is 1. The van der Waals surface area contributed by atoms with Crippen molar-refractivity contribution in [3.8, 4) is 0 Å². The Morgan fingerprint density at radius 3 is 2.47 bits per heavy atom. The van der Waals surface area contributed by atoms with Gasteiger partial charge in [-0.25, -0.2) is 4.79 Å². The Morgan fingerprint density at radius 1 is 1.47 bits per heavy atom. The van der Waals surface area contributed by atoms with Crippen LogP contribution in [-0.4, -0.2) is 46.8 Å². The quantitative estimate of drug-likeness (QED) is 0.793. The van der Waals surface area contributed by atoms with Crippen LogP contribution in [0.15, 0.2) is 0 Å². The Morgan fingerprint density at radius 2 is 2.05 bits per heavy atom. The number of hydrogen-bond acceptors (Lipinski definition) is 4. The molecule has 1 aliphatic heterocycles. The van der Waals surface area contributed by atoms with Crippen LogP contribution in [0, 0.1) is 5.41 Å². The van der Waals surface area contributed by atoms with Crippen LogP contribution >= 0.6 is 0 Å². The highest BCUT2D eigenvalue weighted by Crippen LogP contribution is 2.33. The highest BCUT2D eigenvalue weighted by atomic mass is 16.6. The molecule has 1 rings (SSSR count). The van der Waals surface area contributed by atoms with E-state index in [0.717, 1.165) is 0 Å². The predicted octanol–water partition coefficient (Wildman–Crippen LogP) is 1.44. The third-order valence-electron chi connectivity index (χ3n) is 3.60. The highest BCUT2D eigenvalue weighted by Gasteiger charge is 2.48. The van der Waals surface area contributed by atoms with Crippen LogP contribution in [0.5, 0.6) is 0 Å². The molecule has 110 valence electrons. The summed E-state index contributed by atoms with van der Waals surface area (Å²) in [4.78, 5) is 25.0. The van der Waals surface area contributed by atoms with Crippen molar-refractivity contribution in [3.05, 3.63) is 0 Å². The molecule has 19 heavy (non-hydrogen) atoms. The van der Waals surface area contributed by atoms with Gasteiger partial charge in [-0.2, -0.15) is 0 Å². The molecule has 6 nitrogen and oxygen atoms in total. The topological polar surface area (TPSA) is 92.9 Å². The van der Waals surface area contributed by atoms with E-state index in [1.807, 2.05) is 0 Å². The van der Waals surface area contributed by atoms with Crippen molar-refractivity contribution in [1.82, 2.24) is 4.90 Å². The fourth-order valence-electron chi connectivity index (χ4n) is 2.34. The minimum Gasteiger partial charge on any atom is -0.481 e. The number of likely N-dealkylation sites (tertiary alicyclic amines) is 1. The van der Waals surface area contributed by atoms with E-state index in [-0.39, 0.29) is 6.54 Å². The molecular weight excluding hydrogens is 248 g/mol. The lowest BCUT2D eigenvalue weighted by Crippen LogP contribution is -2.60. The van der Waals surface area contributed by atoms with Gasteiger partial charge < -0.3 is 20.5 Å². The normalized spacial score (nSPS) is 28.1. The summed E-state index contributed by atoms with van der Waals surface area (Å²) in [6.45, 7) is 7.67. The maximum Gasteiger partial charge on any atom is 0.410 e. The first-order valence-corrected chi connectivity index (χ1v) is 6.59. The zero-order valence-electron chi connectivity index (χ0n) is 12.1. The molecule has 6 heteroatoms. The zero-order chi connectivity index (χ0) is 14.8. The van der Waals surface area contributed by atoms with Crippen LogP contribution in [-0.2, 0) is 9.53 Å². The smallest absolute Gasteiger partial charge is 0.410 e. The van der Waals surface area contributed by atoms with Crippen molar-refractivity contribution in [2.24, 2.45) is 11.1 Å². The van der Waals surface area contributed by atoms with Gasteiger partial charge in [0.2, 0.25) is 0 Å². The molecule has 1 aliphatic rings. The predicted molar refractivity (Wildman–Crippen MR) is 70.8 cm³/mol. The Balaban J connectivity index is 2.85. The number of rotatable bonds is 2. The number of nitrogens with two attached hydrogens (primary N) is 1. The first-order chi connectivity index (χ1) is 8.62. The van der Waals surface area contributed by atoms with Crippen LogP contribution < -0.4 is 5.73 Å². The Hall–Kier alpha value is -1.30. The van der Waals surface area contributed by atoms with E-state index < -0.39 is 29.1 Å². The van der Waals surface area contributed by atoms with E-state index >= 15 is 0 Å². The molecule has 0 radical (unpaired) electrons. The minimum atomic E-state index is -1.07. The van der Waals surface area contributed by atoms with Gasteiger partial charge in [0.15, 0.2) is 0 Å². The fourth-order valence-corrected chi connectivity index (χ4v) is 2.34. The number of hydrogen-bond donors (Lipinski definition) is 2. The van der Waals surface area contributed by atoms with Crippen LogP contribution in [0.4, 0.5) is 4.79 Å². The average Bonchev–Trinajstić information content (AvgIpc) is 2.27. The van der Waals surface area contributed by atoms with E-state index in [9.17, 15) is 14.7 Å². The molecule has 0 saturated carbocycles. The van der Waals surface area contributed by atoms with Gasteiger partial charge in [0, 0.05) is 19.1 Å². The van der Waals surface area contributed by atoms with Gasteiger partial charge in [-0.1, -0.05) is 6.92 Å². The number of aliphatic carboxylic acids is 1. The van der Waals surface area contributed by atoms with Crippen molar-refractivity contribution in [2.75, 3.05) is 13.1 Å². The standard InChI is InChI=1S/C13H24N2O4/c1-5-13(10(16)17)8-15(7-6-9(13)14)11(18)19-12(2,3)4/h9H,5-8,14H2,1-4H3,(H,16,17)/t9-,13-/m0/s1. The third kappa shape index (κ3) is 3.37. The van der Waals surface area contributed by atoms with E-state index in [2.05, 4.69) is 0 Å². The van der Waals surface area contributed by atoms with E-state index in [1.54, 1.807) is 27.7 Å². The lowest BCUT2D eigenvalue weighted by Gasteiger charge is -2.43. The van der Waals surface area contributed by atoms with Gasteiger partial charge in [0.05, 0.1) is 0 Å². The molecular formula is C13H24N2O4. The molecule has 3 N–H and O–H groups in total. The molecule has 2 atom stereocenters. The SMILES string of the molecule is CC[C@]1(C(=O)O)CN(C(=O)OC(C)(C)C)CC[C@@H]1N. The minimum absolute atomic E-state index is 0.106. The molecule has 1 amide bonds. The molecule has 0 aromatic carbocycles. The summed E-state index contributed by atoms with van der Waals surface area (Å²) in [5.41, 5.74) is 4.29. The maximum atomic E-state index is 12.0. The number of carboxylic acids is 1. The van der Waals surface area contributed by atoms with Crippen LogP contribution in [0.3, 0.4) is 0 Å². The van der Waals surface area contributed by atoms with Crippen LogP contribution in [0.2, 0.25) is 0 Å². The van der Waals surface area contributed by atoms with Gasteiger partial charge in [-0.3, -0.25) is 4.79 Å². The van der Waals surface area contributed by atoms with Gasteiger partial charge in [0.25, 0.3) is 0 Å². The first-order valence-electron chi connectivity index (χ1n) is 6.59. The Labute approximate surface area is 113 Å². The van der Waals surface area contributed by atoms with Crippen molar-refractivity contribution < 1.29 is 19.4 Å². The molecule has 1 saturated heterocycles. The first kappa shape index (κ1) is 15.8. The number of carboxylic acid groups (broad SMARTS) is 1. The summed E-state index contributed by atoms with van der Waals surface area (Å²) < 4.78 is 5.28. The van der Waals surface area contributed by atoms with Crippen molar-refractivity contribution in [2.45, 2.75) is 52.2 Å². The molecule has 0 aromatic heterocycles. The summed E-state index contributed by atoms with van der Waals surface area (Å²) >= 11 is 0. The lowest BCUT2D eigenvalue weighted by molar-refractivity contribution is -0.153. The van der Waals surface area contributed by atoms with Crippen molar-refractivity contribution >= 4 is 12.1 Å². The largest absolute Gasteiger partial charge is 0.481 e. The zero-order valence-corrected chi connectivity index (χ0v) is 12.1. The number of ether oxygens (including phenoxy) is 1. The van der Waals surface area contributed by atoms with Gasteiger partial charge >= 0.3 is 12.1 Å². The van der Waals surface area contributed by atoms with Gasteiger partial charge in [0.1, 0.15) is 11.0 Å². The second kappa shape index (κ2) is 5.36. The summed E-state index contributed by atoms with van der Waals surface area (Å²) in [5.74, 6) is -0.948. The molecule has 0 bridgehead atoms. The average molecular weight is 272 g/mol. The molecule has 0 aromatic rings. The summed E-state index contributed by atoms with van der Waals surface area (Å²) in [6, 6.07) is -0.436. The Bertz CT molecular complexity index is 364. The maximum absolute atomic E-state index is 12.0. The summed E-state index contributed by atoms with van der Waals surface area (Å²) in [6.07, 6.45) is 0.390. The molecule has 1 heterocycles. The molecule has 0 unspecified atom stereocenters. The van der Waals surface area contributed by atoms with Crippen molar-refractivity contribution in [1.29, 1.82) is 0 Å². The number of nitrogens with zero attached hydrogens (tertiary/aromatic N) is 1. The van der Waals surface area contributed by atoms with Gasteiger partial charge in [-0.05, 0) is 33.6 Å². The van der Waals surface area contributed by atoms with E-state index in [1.165, 1.54) is 4.90 Å². The molecule has 0 aliphatic carbocycles. The second-order valence-electron chi connectivity index (χ2n) is 6.11.